The smallest absolute Gasteiger partial charge is 0.0867 e. The molecule has 1 heterocycles. The molecule has 0 saturated carbocycles. The maximum atomic E-state index is 10.2. The summed E-state index contributed by atoms with van der Waals surface area (Å²) < 4.78 is 0. The van der Waals surface area contributed by atoms with Gasteiger partial charge in [-0.25, -0.2) is 0 Å². The van der Waals surface area contributed by atoms with Crippen LogP contribution in [-0.2, 0) is 18.3 Å². The van der Waals surface area contributed by atoms with E-state index in [0.29, 0.717) is 11.4 Å². The zero-order valence-electron chi connectivity index (χ0n) is 15.9. The molecule has 1 atom stereocenters. The van der Waals surface area contributed by atoms with Crippen LogP contribution in [0.2, 0.25) is 5.02 Å². The third-order valence-corrected chi connectivity index (χ3v) is 6.24. The van der Waals surface area contributed by atoms with Crippen molar-refractivity contribution in [3.63, 3.8) is 0 Å². The van der Waals surface area contributed by atoms with Gasteiger partial charge in [-0.05, 0) is 59.7 Å². The van der Waals surface area contributed by atoms with Crippen molar-refractivity contribution in [2.24, 2.45) is 0 Å². The number of aryl methyl sites for hydroxylation is 1. The lowest BCUT2D eigenvalue weighted by Crippen LogP contribution is -2.32. The number of benzene rings is 3. The fourth-order valence-electron chi connectivity index (χ4n) is 4.54. The van der Waals surface area contributed by atoms with E-state index >= 15 is 0 Å². The second kappa shape index (κ2) is 7.03. The summed E-state index contributed by atoms with van der Waals surface area (Å²) in [5, 5.41) is 12.0. The van der Waals surface area contributed by atoms with Crippen molar-refractivity contribution < 1.29 is 0 Å². The van der Waals surface area contributed by atoms with E-state index in [0.717, 1.165) is 46.1 Å². The molecular weight excluding hydrogens is 376 g/mol. The molecule has 0 unspecified atom stereocenters. The van der Waals surface area contributed by atoms with Gasteiger partial charge in [-0.1, -0.05) is 72.3 Å². The molecule has 1 aliphatic rings. The Morgan fingerprint density at radius 2 is 1.66 bits per heavy atom. The second-order valence-corrected chi connectivity index (χ2v) is 8.11. The van der Waals surface area contributed by atoms with Gasteiger partial charge in [0.15, 0.2) is 0 Å². The summed E-state index contributed by atoms with van der Waals surface area (Å²) in [7, 11) is 0. The predicted molar refractivity (Wildman–Crippen MR) is 118 cm³/mol. The van der Waals surface area contributed by atoms with Crippen molar-refractivity contribution in [1.29, 1.82) is 5.26 Å². The number of fused-ring (bicyclic) bond motifs is 2. The van der Waals surface area contributed by atoms with Crippen LogP contribution < -0.4 is 0 Å². The Morgan fingerprint density at radius 3 is 2.38 bits per heavy atom. The first kappa shape index (κ1) is 17.9. The largest absolute Gasteiger partial charge is 0.253 e. The zero-order chi connectivity index (χ0) is 19.8. The molecular formula is C26H19ClN2. The Morgan fingerprint density at radius 1 is 0.931 bits per heavy atom. The molecule has 0 amide bonds. The van der Waals surface area contributed by atoms with Crippen LogP contribution in [0.1, 0.15) is 23.2 Å². The Bertz CT molecular complexity index is 1240. The van der Waals surface area contributed by atoms with Gasteiger partial charge in [-0.2, -0.15) is 5.26 Å². The highest BCUT2D eigenvalue weighted by Crippen LogP contribution is 2.44. The summed E-state index contributed by atoms with van der Waals surface area (Å²) in [5.74, 6) is 0. The number of nitrogens with zero attached hydrogens (tertiary/aromatic N) is 2. The van der Waals surface area contributed by atoms with Crippen molar-refractivity contribution in [2.45, 2.75) is 24.7 Å². The van der Waals surface area contributed by atoms with Crippen molar-refractivity contribution in [3.8, 4) is 17.2 Å². The van der Waals surface area contributed by atoms with E-state index in [4.69, 9.17) is 16.6 Å². The fraction of sp³-hybridized carbons (Fsp3) is 0.154. The van der Waals surface area contributed by atoms with Gasteiger partial charge in [0.2, 0.25) is 0 Å². The molecule has 0 spiro atoms. The number of nitriles is 1. The first-order valence-electron chi connectivity index (χ1n) is 9.83. The Kier molecular flexibility index (Phi) is 4.34. The molecule has 29 heavy (non-hydrogen) atoms. The molecule has 1 aliphatic carbocycles. The van der Waals surface area contributed by atoms with E-state index in [2.05, 4.69) is 42.5 Å². The van der Waals surface area contributed by atoms with Crippen LogP contribution in [0.3, 0.4) is 0 Å². The highest BCUT2D eigenvalue weighted by atomic mass is 35.5. The molecule has 0 saturated heterocycles. The van der Waals surface area contributed by atoms with E-state index in [9.17, 15) is 5.26 Å². The Hall–Kier alpha value is -3.15. The predicted octanol–water partition coefficient (Wildman–Crippen LogP) is 6.51. The van der Waals surface area contributed by atoms with Crippen LogP contribution in [0.25, 0.3) is 22.0 Å². The van der Waals surface area contributed by atoms with E-state index in [1.807, 2.05) is 42.5 Å². The standard InChI is InChI=1S/C26H19ClN2/c27-20-11-12-23-21(15-20)25(18-7-3-1-4-8-18)22-16-26(17-28,14-13-24(22)29-23)19-9-5-2-6-10-19/h1-12,15H,13-14,16H2/t26-/m1/s1. The van der Waals surface area contributed by atoms with Crippen molar-refractivity contribution in [2.75, 3.05) is 0 Å². The lowest BCUT2D eigenvalue weighted by atomic mass is 9.68. The summed E-state index contributed by atoms with van der Waals surface area (Å²) >= 11 is 6.36. The highest BCUT2D eigenvalue weighted by Gasteiger charge is 2.38. The fourth-order valence-corrected chi connectivity index (χ4v) is 4.72. The molecule has 0 aliphatic heterocycles. The Balaban J connectivity index is 1.79. The summed E-state index contributed by atoms with van der Waals surface area (Å²) in [6, 6.07) is 29.1. The van der Waals surface area contributed by atoms with Gasteiger partial charge in [0, 0.05) is 16.1 Å². The number of hydrogen-bond acceptors (Lipinski definition) is 2. The molecule has 1 aromatic heterocycles. The molecule has 3 heteroatoms. The SMILES string of the molecule is N#C[C@@]1(c2ccccc2)CCc2nc3ccc(Cl)cc3c(-c3ccccc3)c2C1. The van der Waals surface area contributed by atoms with E-state index in [1.165, 1.54) is 5.56 Å². The van der Waals surface area contributed by atoms with Crippen LogP contribution in [0, 0.1) is 11.3 Å². The molecule has 3 aromatic carbocycles. The highest BCUT2D eigenvalue weighted by molar-refractivity contribution is 6.31. The summed E-state index contributed by atoms with van der Waals surface area (Å²) in [6.07, 6.45) is 2.22. The summed E-state index contributed by atoms with van der Waals surface area (Å²) in [5.41, 5.74) is 6.06. The van der Waals surface area contributed by atoms with E-state index < -0.39 is 5.41 Å². The molecule has 0 bridgehead atoms. The van der Waals surface area contributed by atoms with Gasteiger partial charge >= 0.3 is 0 Å². The first-order valence-corrected chi connectivity index (χ1v) is 10.2. The molecule has 2 nitrogen and oxygen atoms in total. The first-order chi connectivity index (χ1) is 14.2. The molecule has 0 fully saturated rings. The molecule has 140 valence electrons. The van der Waals surface area contributed by atoms with E-state index in [1.54, 1.807) is 0 Å². The van der Waals surface area contributed by atoms with Crippen LogP contribution in [-0.4, -0.2) is 4.98 Å². The van der Waals surface area contributed by atoms with Gasteiger partial charge in [-0.15, -0.1) is 0 Å². The van der Waals surface area contributed by atoms with Gasteiger partial charge in [0.1, 0.15) is 0 Å². The second-order valence-electron chi connectivity index (χ2n) is 7.68. The third kappa shape index (κ3) is 2.99. The number of pyridine rings is 1. The van der Waals surface area contributed by atoms with Crippen LogP contribution in [0.15, 0.2) is 78.9 Å². The normalized spacial score (nSPS) is 18.2. The van der Waals surface area contributed by atoms with Crippen LogP contribution in [0.4, 0.5) is 0 Å². The average molecular weight is 395 g/mol. The number of rotatable bonds is 2. The lowest BCUT2D eigenvalue weighted by molar-refractivity contribution is 0.468. The lowest BCUT2D eigenvalue weighted by Gasteiger charge is -2.34. The van der Waals surface area contributed by atoms with Crippen LogP contribution >= 0.6 is 11.6 Å². The van der Waals surface area contributed by atoms with Crippen molar-refractivity contribution in [3.05, 3.63) is 101 Å². The topological polar surface area (TPSA) is 36.7 Å². The zero-order valence-corrected chi connectivity index (χ0v) is 16.7. The van der Waals surface area contributed by atoms with Crippen molar-refractivity contribution >= 4 is 22.5 Å². The minimum absolute atomic E-state index is 0.536. The van der Waals surface area contributed by atoms with Crippen LogP contribution in [0.5, 0.6) is 0 Å². The third-order valence-electron chi connectivity index (χ3n) is 6.00. The molecule has 0 radical (unpaired) electrons. The number of halogens is 1. The maximum Gasteiger partial charge on any atom is 0.0867 e. The van der Waals surface area contributed by atoms with Gasteiger partial charge < -0.3 is 0 Å². The minimum Gasteiger partial charge on any atom is -0.253 e. The average Bonchev–Trinajstić information content (AvgIpc) is 2.78. The molecule has 0 N–H and O–H groups in total. The maximum absolute atomic E-state index is 10.2. The van der Waals surface area contributed by atoms with Gasteiger partial charge in [-0.3, -0.25) is 4.98 Å². The number of hydrogen-bond donors (Lipinski definition) is 0. The monoisotopic (exact) mass is 394 g/mol. The summed E-state index contributed by atoms with van der Waals surface area (Å²) in [4.78, 5) is 4.97. The van der Waals surface area contributed by atoms with Crippen molar-refractivity contribution in [1.82, 2.24) is 4.98 Å². The quantitative estimate of drug-likeness (QED) is 0.388. The van der Waals surface area contributed by atoms with E-state index in [-0.39, 0.29) is 0 Å². The minimum atomic E-state index is -0.536. The molecule has 5 rings (SSSR count). The van der Waals surface area contributed by atoms with Gasteiger partial charge in [0.25, 0.3) is 0 Å². The Labute approximate surface area is 175 Å². The molecule has 4 aromatic rings. The summed E-state index contributed by atoms with van der Waals surface area (Å²) in [6.45, 7) is 0. The number of aromatic nitrogens is 1. The van der Waals surface area contributed by atoms with Gasteiger partial charge in [0.05, 0.1) is 17.0 Å².